The Morgan fingerprint density at radius 3 is 3.04 bits per heavy atom. The molecule has 0 aliphatic carbocycles. The Bertz CT molecular complexity index is 943. The first-order valence-corrected chi connectivity index (χ1v) is 11.3. The van der Waals surface area contributed by atoms with E-state index >= 15 is 0 Å². The van der Waals surface area contributed by atoms with Crippen molar-refractivity contribution in [2.45, 2.75) is 30.7 Å². The third-order valence-corrected chi connectivity index (χ3v) is 6.96. The summed E-state index contributed by atoms with van der Waals surface area (Å²) in [5.74, 6) is 0.269. The molecule has 0 bridgehead atoms. The molecule has 146 valence electrons. The molecule has 1 aromatic carbocycles. The molecular formula is C16H23N7O2S2. The minimum Gasteiger partial charge on any atom is -0.343 e. The maximum absolute atomic E-state index is 12.7. The summed E-state index contributed by atoms with van der Waals surface area (Å²) in [5, 5.41) is 3.08. The van der Waals surface area contributed by atoms with E-state index in [4.69, 9.17) is 0 Å². The number of hydrogen-bond donors (Lipinski definition) is 2. The van der Waals surface area contributed by atoms with Crippen molar-refractivity contribution in [3.8, 4) is 0 Å². The molecule has 2 aliphatic heterocycles. The molecule has 0 spiro atoms. The zero-order valence-corrected chi connectivity index (χ0v) is 16.8. The first-order chi connectivity index (χ1) is 13.1. The van der Waals surface area contributed by atoms with E-state index in [1.807, 2.05) is 0 Å². The lowest BCUT2D eigenvalue weighted by Gasteiger charge is -2.32. The highest BCUT2D eigenvalue weighted by atomic mass is 32.2. The van der Waals surface area contributed by atoms with Gasteiger partial charge in [-0.05, 0) is 38.1 Å². The van der Waals surface area contributed by atoms with Crippen molar-refractivity contribution in [3.05, 3.63) is 18.2 Å². The van der Waals surface area contributed by atoms with Crippen LogP contribution in [0.3, 0.4) is 0 Å². The molecule has 27 heavy (non-hydrogen) atoms. The summed E-state index contributed by atoms with van der Waals surface area (Å²) in [6.07, 6.45) is 2.45. The van der Waals surface area contributed by atoms with Gasteiger partial charge in [0.2, 0.25) is 5.96 Å². The van der Waals surface area contributed by atoms with Crippen LogP contribution >= 0.6 is 11.7 Å². The topological polar surface area (TPSA) is 103 Å². The Labute approximate surface area is 162 Å². The van der Waals surface area contributed by atoms with E-state index in [0.717, 1.165) is 31.4 Å². The van der Waals surface area contributed by atoms with E-state index in [-0.39, 0.29) is 10.9 Å². The van der Waals surface area contributed by atoms with Crippen LogP contribution in [-0.2, 0) is 10.0 Å². The van der Waals surface area contributed by atoms with Crippen LogP contribution in [0.4, 0.5) is 0 Å². The summed E-state index contributed by atoms with van der Waals surface area (Å²) in [6, 6.07) is 5.49. The number of aliphatic imine (C=N–C) groups is 1. The number of fused-ring (bicyclic) bond motifs is 1. The van der Waals surface area contributed by atoms with Gasteiger partial charge >= 0.3 is 0 Å². The largest absolute Gasteiger partial charge is 0.343 e. The molecule has 2 aromatic rings. The zero-order chi connectivity index (χ0) is 18.9. The Kier molecular flexibility index (Phi) is 5.26. The maximum atomic E-state index is 12.7. The van der Waals surface area contributed by atoms with Crippen LogP contribution < -0.4 is 10.0 Å². The lowest BCUT2D eigenvalue weighted by molar-refractivity contribution is 0.172. The van der Waals surface area contributed by atoms with Gasteiger partial charge in [0.05, 0.1) is 25.1 Å². The third kappa shape index (κ3) is 3.91. The van der Waals surface area contributed by atoms with Crippen LogP contribution in [0.2, 0.25) is 0 Å². The lowest BCUT2D eigenvalue weighted by atomic mass is 10.2. The normalized spacial score (nSPS) is 22.0. The summed E-state index contributed by atoms with van der Waals surface area (Å²) < 4.78 is 36.2. The van der Waals surface area contributed by atoms with Crippen molar-refractivity contribution in [1.29, 1.82) is 0 Å². The van der Waals surface area contributed by atoms with Gasteiger partial charge in [-0.15, -0.1) is 0 Å². The molecule has 0 radical (unpaired) electrons. The van der Waals surface area contributed by atoms with E-state index < -0.39 is 10.0 Å². The Morgan fingerprint density at radius 2 is 2.26 bits per heavy atom. The molecule has 1 atom stereocenters. The van der Waals surface area contributed by atoms with Crippen molar-refractivity contribution in [2.75, 3.05) is 33.0 Å². The fourth-order valence-electron chi connectivity index (χ4n) is 3.65. The molecule has 1 fully saturated rings. The molecule has 2 aliphatic rings. The number of sulfonamides is 1. The number of hydrogen-bond acceptors (Lipinski definition) is 9. The summed E-state index contributed by atoms with van der Waals surface area (Å²) in [4.78, 5) is 9.17. The second-order valence-electron chi connectivity index (χ2n) is 6.75. The van der Waals surface area contributed by atoms with Gasteiger partial charge in [-0.2, -0.15) is 8.75 Å². The van der Waals surface area contributed by atoms with Crippen LogP contribution in [0.5, 0.6) is 0 Å². The molecule has 0 unspecified atom stereocenters. The predicted octanol–water partition coefficient (Wildman–Crippen LogP) is 0.630. The maximum Gasteiger partial charge on any atom is 0.266 e. The Morgan fingerprint density at radius 1 is 1.37 bits per heavy atom. The predicted molar refractivity (Wildman–Crippen MR) is 105 cm³/mol. The monoisotopic (exact) mass is 409 g/mol. The summed E-state index contributed by atoms with van der Waals surface area (Å²) in [7, 11) is -3.77. The number of nitrogens with one attached hydrogen (secondary N) is 2. The van der Waals surface area contributed by atoms with Crippen LogP contribution in [0.25, 0.3) is 11.0 Å². The zero-order valence-electron chi connectivity index (χ0n) is 15.1. The van der Waals surface area contributed by atoms with Crippen molar-refractivity contribution in [1.82, 2.24) is 28.6 Å². The fraction of sp³-hybridized carbons (Fsp3) is 0.562. The standard InChI is InChI=1S/C16H23N7O2S2/c1-2-23-8-4-5-12(23)9-22-10-17-16(18-11-22)21-27(24,25)14-7-3-6-13-15(14)20-26-19-13/h3,6-7,12H,2,4-5,8-11H2,1H3,(H2,17,18,21)/t12-/m0/s1. The average Bonchev–Trinajstić information content (AvgIpc) is 3.31. The van der Waals surface area contributed by atoms with E-state index in [1.54, 1.807) is 12.1 Å². The Balaban J connectivity index is 1.42. The SMILES string of the molecule is CCN1CCC[C@H]1CN1CN=C(NS(=O)(=O)c2cccc3nsnc23)NC1. The summed E-state index contributed by atoms with van der Waals surface area (Å²) in [6.45, 7) is 6.40. The second-order valence-corrected chi connectivity index (χ2v) is 8.93. The fourth-order valence-corrected chi connectivity index (χ4v) is 5.42. The molecule has 11 heteroatoms. The first-order valence-electron chi connectivity index (χ1n) is 9.05. The summed E-state index contributed by atoms with van der Waals surface area (Å²) >= 11 is 0.998. The number of nitrogens with zero attached hydrogens (tertiary/aromatic N) is 5. The third-order valence-electron chi connectivity index (χ3n) is 5.04. The van der Waals surface area contributed by atoms with Gasteiger partial charge in [-0.1, -0.05) is 13.0 Å². The van der Waals surface area contributed by atoms with Crippen molar-refractivity contribution < 1.29 is 8.42 Å². The van der Waals surface area contributed by atoms with E-state index in [1.165, 1.54) is 18.9 Å². The van der Waals surface area contributed by atoms with Gasteiger partial charge in [-0.3, -0.25) is 9.80 Å². The van der Waals surface area contributed by atoms with E-state index in [0.29, 0.717) is 30.4 Å². The molecule has 0 amide bonds. The summed E-state index contributed by atoms with van der Waals surface area (Å²) in [5.41, 5.74) is 0.957. The number of likely N-dealkylation sites (N-methyl/N-ethyl adjacent to an activating group) is 1. The molecule has 0 saturated carbocycles. The quantitative estimate of drug-likeness (QED) is 0.747. The van der Waals surface area contributed by atoms with Gasteiger partial charge in [-0.25, -0.2) is 18.1 Å². The molecule has 1 aromatic heterocycles. The van der Waals surface area contributed by atoms with Gasteiger partial charge in [0.1, 0.15) is 15.9 Å². The highest BCUT2D eigenvalue weighted by molar-refractivity contribution is 7.90. The minimum absolute atomic E-state index is 0.116. The molecule has 9 nitrogen and oxygen atoms in total. The van der Waals surface area contributed by atoms with Gasteiger partial charge in [0.25, 0.3) is 10.0 Å². The van der Waals surface area contributed by atoms with Gasteiger partial charge < -0.3 is 5.32 Å². The second kappa shape index (κ2) is 7.66. The average molecular weight is 410 g/mol. The van der Waals surface area contributed by atoms with Crippen molar-refractivity contribution in [3.63, 3.8) is 0 Å². The molecule has 4 rings (SSSR count). The van der Waals surface area contributed by atoms with Crippen LogP contribution in [-0.4, -0.2) is 71.9 Å². The lowest BCUT2D eigenvalue weighted by Crippen LogP contribution is -2.52. The molecule has 1 saturated heterocycles. The number of benzene rings is 1. The molecule has 2 N–H and O–H groups in total. The number of guanidine groups is 1. The smallest absolute Gasteiger partial charge is 0.266 e. The van der Waals surface area contributed by atoms with Crippen molar-refractivity contribution in [2.24, 2.45) is 4.99 Å². The molecule has 3 heterocycles. The highest BCUT2D eigenvalue weighted by Gasteiger charge is 2.27. The number of rotatable bonds is 5. The Hall–Kier alpha value is -1.82. The van der Waals surface area contributed by atoms with E-state index in [9.17, 15) is 8.42 Å². The highest BCUT2D eigenvalue weighted by Crippen LogP contribution is 2.21. The van der Waals surface area contributed by atoms with Gasteiger partial charge in [0.15, 0.2) is 0 Å². The van der Waals surface area contributed by atoms with Gasteiger partial charge in [0, 0.05) is 12.6 Å². The minimum atomic E-state index is -3.77. The first kappa shape index (κ1) is 18.5. The van der Waals surface area contributed by atoms with Crippen LogP contribution in [0.1, 0.15) is 19.8 Å². The molecular weight excluding hydrogens is 386 g/mol. The van der Waals surface area contributed by atoms with Crippen molar-refractivity contribution >= 4 is 38.7 Å². The van der Waals surface area contributed by atoms with E-state index in [2.05, 4.69) is 40.5 Å². The number of aromatic nitrogens is 2. The number of likely N-dealkylation sites (tertiary alicyclic amines) is 1. The van der Waals surface area contributed by atoms with Crippen LogP contribution in [0, 0.1) is 0 Å². The van der Waals surface area contributed by atoms with Crippen LogP contribution in [0.15, 0.2) is 28.1 Å².